The van der Waals surface area contributed by atoms with E-state index in [2.05, 4.69) is 60.7 Å². The maximum absolute atomic E-state index is 4.21. The van der Waals surface area contributed by atoms with Crippen LogP contribution in [0.1, 0.15) is 100 Å². The van der Waals surface area contributed by atoms with Gasteiger partial charge >= 0.3 is 0 Å². The average Bonchev–Trinajstić information content (AvgIpc) is 3.35. The molecule has 2 aliphatic carbocycles. The van der Waals surface area contributed by atoms with Gasteiger partial charge in [0, 0.05) is 11.6 Å². The third kappa shape index (κ3) is 4.82. The lowest BCUT2D eigenvalue weighted by Crippen LogP contribution is -2.50. The highest BCUT2D eigenvalue weighted by molar-refractivity contribution is 5.08. The molecule has 2 aliphatic rings. The molecular formula is C24H47N. The first-order valence-corrected chi connectivity index (χ1v) is 11.5. The lowest BCUT2D eigenvalue weighted by molar-refractivity contribution is 0.0866. The Morgan fingerprint density at radius 1 is 1.00 bits per heavy atom. The second-order valence-corrected chi connectivity index (χ2v) is 10.3. The molecule has 0 saturated heterocycles. The molecule has 7 atom stereocenters. The summed E-state index contributed by atoms with van der Waals surface area (Å²) in [6.45, 7) is 19.6. The van der Waals surface area contributed by atoms with Crippen LogP contribution >= 0.6 is 0 Å². The topological polar surface area (TPSA) is 12.0 Å². The van der Waals surface area contributed by atoms with Crippen molar-refractivity contribution < 1.29 is 0 Å². The Hall–Kier alpha value is -0.0400. The Labute approximate surface area is 159 Å². The molecule has 1 nitrogen and oxygen atoms in total. The summed E-state index contributed by atoms with van der Waals surface area (Å²) in [5.74, 6) is 6.08. The van der Waals surface area contributed by atoms with E-state index in [1.165, 1.54) is 44.9 Å². The smallest absolute Gasteiger partial charge is 0.0213 e. The molecule has 0 spiro atoms. The summed E-state index contributed by atoms with van der Waals surface area (Å²) in [6.07, 6.45) is 9.90. The Balaban J connectivity index is 2.05. The van der Waals surface area contributed by atoms with E-state index in [1.807, 2.05) is 0 Å². The van der Waals surface area contributed by atoms with Gasteiger partial charge in [0.25, 0.3) is 0 Å². The van der Waals surface area contributed by atoms with Gasteiger partial charge in [-0.3, -0.25) is 0 Å². The van der Waals surface area contributed by atoms with E-state index in [0.29, 0.717) is 11.6 Å². The van der Waals surface area contributed by atoms with E-state index in [-0.39, 0.29) is 0 Å². The van der Waals surface area contributed by atoms with Gasteiger partial charge in [0.1, 0.15) is 0 Å². The summed E-state index contributed by atoms with van der Waals surface area (Å²) in [5.41, 5.74) is 0.443. The molecule has 0 heterocycles. The average molecular weight is 350 g/mol. The highest BCUT2D eigenvalue weighted by Gasteiger charge is 2.50. The zero-order valence-corrected chi connectivity index (χ0v) is 18.6. The summed E-state index contributed by atoms with van der Waals surface area (Å²) in [6, 6.07) is 0.665. The standard InChI is InChI=1S/C24H47N/c1-9-21-12-11-17(5)15-23(21)22(10-2)20(8)25-24(13-14-24)19(7)18(6)16(3)4/h16-23,25H,9-15H2,1-8H3. The van der Waals surface area contributed by atoms with E-state index < -0.39 is 0 Å². The van der Waals surface area contributed by atoms with Gasteiger partial charge in [0.2, 0.25) is 0 Å². The van der Waals surface area contributed by atoms with Crippen molar-refractivity contribution in [2.24, 2.45) is 41.4 Å². The molecule has 0 aromatic rings. The van der Waals surface area contributed by atoms with Gasteiger partial charge in [0.15, 0.2) is 0 Å². The molecule has 0 amide bonds. The van der Waals surface area contributed by atoms with Crippen molar-refractivity contribution in [1.82, 2.24) is 5.32 Å². The lowest BCUT2D eigenvalue weighted by atomic mass is 9.65. The first kappa shape index (κ1) is 21.3. The molecule has 0 aliphatic heterocycles. The van der Waals surface area contributed by atoms with Crippen molar-refractivity contribution in [2.45, 2.75) is 112 Å². The van der Waals surface area contributed by atoms with Crippen LogP contribution < -0.4 is 5.32 Å². The van der Waals surface area contributed by atoms with Crippen molar-refractivity contribution in [3.8, 4) is 0 Å². The summed E-state index contributed by atoms with van der Waals surface area (Å²) in [4.78, 5) is 0. The molecular weight excluding hydrogens is 302 g/mol. The summed E-state index contributed by atoms with van der Waals surface area (Å²) in [7, 11) is 0. The van der Waals surface area contributed by atoms with Gasteiger partial charge in [-0.1, -0.05) is 67.7 Å². The van der Waals surface area contributed by atoms with Gasteiger partial charge in [-0.05, 0) is 74.0 Å². The highest BCUT2D eigenvalue weighted by atomic mass is 15.1. The van der Waals surface area contributed by atoms with Crippen LogP contribution in [0.5, 0.6) is 0 Å². The van der Waals surface area contributed by atoms with Crippen LogP contribution in [0.2, 0.25) is 0 Å². The van der Waals surface area contributed by atoms with Crippen molar-refractivity contribution >= 4 is 0 Å². The van der Waals surface area contributed by atoms with Crippen molar-refractivity contribution in [3.63, 3.8) is 0 Å². The van der Waals surface area contributed by atoms with Crippen LogP contribution in [0.25, 0.3) is 0 Å². The monoisotopic (exact) mass is 349 g/mol. The molecule has 1 heteroatoms. The molecule has 0 bridgehead atoms. The van der Waals surface area contributed by atoms with Crippen LogP contribution in [-0.4, -0.2) is 11.6 Å². The predicted molar refractivity (Wildman–Crippen MR) is 112 cm³/mol. The summed E-state index contributed by atoms with van der Waals surface area (Å²) in [5, 5.41) is 4.21. The molecule has 0 aromatic carbocycles. The number of hydrogen-bond acceptors (Lipinski definition) is 1. The number of rotatable bonds is 9. The fourth-order valence-electron chi connectivity index (χ4n) is 6.05. The largest absolute Gasteiger partial charge is 0.308 e. The SMILES string of the molecule is CCC1CCC(C)CC1C(CC)C(C)NC1(C(C)C(C)C(C)C)CC1. The van der Waals surface area contributed by atoms with Crippen LogP contribution in [0.3, 0.4) is 0 Å². The third-order valence-corrected chi connectivity index (χ3v) is 8.51. The van der Waals surface area contributed by atoms with E-state index in [4.69, 9.17) is 0 Å². The maximum Gasteiger partial charge on any atom is 0.0213 e. The third-order valence-electron chi connectivity index (χ3n) is 8.51. The molecule has 7 unspecified atom stereocenters. The van der Waals surface area contributed by atoms with E-state index in [1.54, 1.807) is 0 Å². The van der Waals surface area contributed by atoms with Gasteiger partial charge in [-0.25, -0.2) is 0 Å². The van der Waals surface area contributed by atoms with E-state index in [0.717, 1.165) is 41.4 Å². The first-order chi connectivity index (χ1) is 11.8. The maximum atomic E-state index is 4.21. The van der Waals surface area contributed by atoms with Crippen molar-refractivity contribution in [2.75, 3.05) is 0 Å². The quantitative estimate of drug-likeness (QED) is 0.476. The van der Waals surface area contributed by atoms with Crippen LogP contribution in [0.15, 0.2) is 0 Å². The summed E-state index contributed by atoms with van der Waals surface area (Å²) < 4.78 is 0. The van der Waals surface area contributed by atoms with E-state index in [9.17, 15) is 0 Å². The van der Waals surface area contributed by atoms with Crippen LogP contribution in [0.4, 0.5) is 0 Å². The van der Waals surface area contributed by atoms with Gasteiger partial charge < -0.3 is 5.32 Å². The molecule has 0 radical (unpaired) electrons. The van der Waals surface area contributed by atoms with Crippen molar-refractivity contribution in [1.29, 1.82) is 0 Å². The van der Waals surface area contributed by atoms with Gasteiger partial charge in [-0.2, -0.15) is 0 Å². The Bertz CT molecular complexity index is 397. The molecule has 2 rings (SSSR count). The summed E-state index contributed by atoms with van der Waals surface area (Å²) >= 11 is 0. The molecule has 1 N–H and O–H groups in total. The first-order valence-electron chi connectivity index (χ1n) is 11.5. The number of nitrogens with one attached hydrogen (secondary N) is 1. The fourth-order valence-corrected chi connectivity index (χ4v) is 6.05. The second-order valence-electron chi connectivity index (χ2n) is 10.3. The molecule has 25 heavy (non-hydrogen) atoms. The predicted octanol–water partition coefficient (Wildman–Crippen LogP) is 6.91. The minimum Gasteiger partial charge on any atom is -0.308 e. The Kier molecular flexibility index (Phi) is 7.45. The van der Waals surface area contributed by atoms with Crippen molar-refractivity contribution in [3.05, 3.63) is 0 Å². The second kappa shape index (κ2) is 8.77. The fraction of sp³-hybridized carbons (Fsp3) is 1.00. The van der Waals surface area contributed by atoms with Crippen LogP contribution in [0, 0.1) is 41.4 Å². The molecule has 2 fully saturated rings. The number of hydrogen-bond donors (Lipinski definition) is 1. The normalized spacial score (nSPS) is 33.7. The zero-order chi connectivity index (χ0) is 18.8. The van der Waals surface area contributed by atoms with Gasteiger partial charge in [0.05, 0.1) is 0 Å². The Morgan fingerprint density at radius 3 is 2.12 bits per heavy atom. The molecule has 0 aromatic heterocycles. The molecule has 148 valence electrons. The zero-order valence-electron chi connectivity index (χ0n) is 18.6. The highest BCUT2D eigenvalue weighted by Crippen LogP contribution is 2.49. The Morgan fingerprint density at radius 2 is 1.64 bits per heavy atom. The van der Waals surface area contributed by atoms with Gasteiger partial charge in [-0.15, -0.1) is 0 Å². The lowest BCUT2D eigenvalue weighted by Gasteiger charge is -2.44. The van der Waals surface area contributed by atoms with Crippen LogP contribution in [-0.2, 0) is 0 Å². The van der Waals surface area contributed by atoms with E-state index >= 15 is 0 Å². The minimum absolute atomic E-state index is 0.443. The minimum atomic E-state index is 0.443. The molecule has 2 saturated carbocycles.